The van der Waals surface area contributed by atoms with Gasteiger partial charge in [0.1, 0.15) is 5.60 Å². The van der Waals surface area contributed by atoms with Crippen LogP contribution in [-0.2, 0) is 16.8 Å². The van der Waals surface area contributed by atoms with Crippen LogP contribution in [-0.4, -0.2) is 29.8 Å². The third-order valence-electron chi connectivity index (χ3n) is 4.33. The second-order valence-corrected chi connectivity index (χ2v) is 6.14. The summed E-state index contributed by atoms with van der Waals surface area (Å²) in [6.07, 6.45) is 5.98. The van der Waals surface area contributed by atoms with E-state index in [0.717, 1.165) is 18.9 Å². The number of hydrogen-bond donors (Lipinski definition) is 1. The average molecular weight is 281 g/mol. The summed E-state index contributed by atoms with van der Waals surface area (Å²) in [7, 11) is 1.67. The van der Waals surface area contributed by atoms with Crippen LogP contribution in [0.2, 0.25) is 0 Å². The van der Waals surface area contributed by atoms with Crippen molar-refractivity contribution in [3.63, 3.8) is 0 Å². The second kappa shape index (κ2) is 6.68. The first-order chi connectivity index (χ1) is 9.56. The van der Waals surface area contributed by atoms with Crippen molar-refractivity contribution in [2.45, 2.75) is 64.5 Å². The van der Waals surface area contributed by atoms with E-state index in [-0.39, 0.29) is 0 Å². The lowest BCUT2D eigenvalue weighted by atomic mass is 9.82. The molecule has 1 aliphatic rings. The van der Waals surface area contributed by atoms with Crippen molar-refractivity contribution in [1.82, 2.24) is 15.5 Å². The fraction of sp³-hybridized carbons (Fsp3) is 0.867. The lowest BCUT2D eigenvalue weighted by Crippen LogP contribution is -2.39. The standard InChI is InChI=1S/C15H27N3O2/c1-5-16-12-9-7-6-8-11(12)10-13-17-14(18-20-13)15(2,3)19-4/h11-12,16H,5-10H2,1-4H3. The van der Waals surface area contributed by atoms with Gasteiger partial charge < -0.3 is 14.6 Å². The van der Waals surface area contributed by atoms with Gasteiger partial charge in [0.05, 0.1) is 0 Å². The van der Waals surface area contributed by atoms with E-state index in [1.165, 1.54) is 25.7 Å². The Kier molecular flexibility index (Phi) is 5.16. The van der Waals surface area contributed by atoms with Gasteiger partial charge in [0.25, 0.3) is 0 Å². The fourth-order valence-electron chi connectivity index (χ4n) is 2.88. The number of nitrogens with zero attached hydrogens (tertiary/aromatic N) is 2. The Morgan fingerprint density at radius 2 is 2.10 bits per heavy atom. The molecule has 20 heavy (non-hydrogen) atoms. The van der Waals surface area contributed by atoms with Crippen LogP contribution in [0.5, 0.6) is 0 Å². The number of hydrogen-bond acceptors (Lipinski definition) is 5. The van der Waals surface area contributed by atoms with E-state index in [1.807, 2.05) is 13.8 Å². The molecule has 0 amide bonds. The molecular weight excluding hydrogens is 254 g/mol. The molecule has 0 aliphatic heterocycles. The molecule has 2 atom stereocenters. The molecule has 1 N–H and O–H groups in total. The minimum absolute atomic E-state index is 0.491. The Hall–Kier alpha value is -0.940. The number of rotatable bonds is 6. The molecule has 1 aliphatic carbocycles. The van der Waals surface area contributed by atoms with Crippen molar-refractivity contribution < 1.29 is 9.26 Å². The van der Waals surface area contributed by atoms with E-state index in [0.29, 0.717) is 17.8 Å². The van der Waals surface area contributed by atoms with Gasteiger partial charge in [-0.25, -0.2) is 0 Å². The van der Waals surface area contributed by atoms with Crippen LogP contribution in [0.25, 0.3) is 0 Å². The third kappa shape index (κ3) is 3.58. The van der Waals surface area contributed by atoms with Crippen molar-refractivity contribution in [1.29, 1.82) is 0 Å². The van der Waals surface area contributed by atoms with Gasteiger partial charge in [-0.05, 0) is 39.2 Å². The molecule has 2 rings (SSSR count). The molecule has 0 bridgehead atoms. The van der Waals surface area contributed by atoms with Gasteiger partial charge in [-0.15, -0.1) is 0 Å². The highest BCUT2D eigenvalue weighted by Gasteiger charge is 2.29. The van der Waals surface area contributed by atoms with Gasteiger partial charge in [0.15, 0.2) is 0 Å². The summed E-state index contributed by atoms with van der Waals surface area (Å²) in [5.41, 5.74) is -0.491. The highest BCUT2D eigenvalue weighted by molar-refractivity contribution is 4.98. The highest BCUT2D eigenvalue weighted by Crippen LogP contribution is 2.28. The summed E-state index contributed by atoms with van der Waals surface area (Å²) in [5, 5.41) is 7.65. The summed E-state index contributed by atoms with van der Waals surface area (Å²) in [6.45, 7) is 7.08. The smallest absolute Gasteiger partial charge is 0.227 e. The van der Waals surface area contributed by atoms with Crippen LogP contribution in [0.3, 0.4) is 0 Å². The van der Waals surface area contributed by atoms with E-state index < -0.39 is 5.60 Å². The fourth-order valence-corrected chi connectivity index (χ4v) is 2.88. The minimum Gasteiger partial charge on any atom is -0.371 e. The summed E-state index contributed by atoms with van der Waals surface area (Å²) in [6, 6.07) is 0.583. The minimum atomic E-state index is -0.491. The lowest BCUT2D eigenvalue weighted by molar-refractivity contribution is 0.00973. The molecule has 0 aromatic carbocycles. The number of nitrogens with one attached hydrogen (secondary N) is 1. The van der Waals surface area contributed by atoms with Crippen LogP contribution >= 0.6 is 0 Å². The summed E-state index contributed by atoms with van der Waals surface area (Å²) in [5.74, 6) is 1.97. The Bertz CT molecular complexity index is 415. The maximum atomic E-state index is 5.41. The Balaban J connectivity index is 2.02. The van der Waals surface area contributed by atoms with E-state index in [9.17, 15) is 0 Å². The Labute approximate surface area is 121 Å². The Morgan fingerprint density at radius 3 is 2.80 bits per heavy atom. The quantitative estimate of drug-likeness (QED) is 0.868. The molecule has 1 aromatic heterocycles. The molecule has 0 saturated heterocycles. The third-order valence-corrected chi connectivity index (χ3v) is 4.33. The van der Waals surface area contributed by atoms with E-state index in [1.54, 1.807) is 7.11 Å². The molecule has 2 unspecified atom stereocenters. The Morgan fingerprint density at radius 1 is 1.35 bits per heavy atom. The zero-order valence-electron chi connectivity index (χ0n) is 13.1. The van der Waals surface area contributed by atoms with Crippen LogP contribution in [0, 0.1) is 5.92 Å². The van der Waals surface area contributed by atoms with Crippen LogP contribution in [0.15, 0.2) is 4.52 Å². The predicted octanol–water partition coefficient (Wildman–Crippen LogP) is 2.66. The predicted molar refractivity (Wildman–Crippen MR) is 77.5 cm³/mol. The lowest BCUT2D eigenvalue weighted by Gasteiger charge is -2.31. The van der Waals surface area contributed by atoms with Crippen LogP contribution < -0.4 is 5.32 Å². The average Bonchev–Trinajstić information content (AvgIpc) is 2.91. The zero-order valence-corrected chi connectivity index (χ0v) is 13.1. The molecule has 5 heteroatoms. The number of aromatic nitrogens is 2. The van der Waals surface area contributed by atoms with Crippen molar-refractivity contribution in [3.05, 3.63) is 11.7 Å². The first-order valence-corrected chi connectivity index (χ1v) is 7.68. The molecule has 0 radical (unpaired) electrons. The van der Waals surface area contributed by atoms with Gasteiger partial charge in [0, 0.05) is 19.6 Å². The van der Waals surface area contributed by atoms with Crippen molar-refractivity contribution in [2.75, 3.05) is 13.7 Å². The molecule has 1 fully saturated rings. The normalized spacial score (nSPS) is 24.0. The highest BCUT2D eigenvalue weighted by atomic mass is 16.5. The topological polar surface area (TPSA) is 60.2 Å². The maximum absolute atomic E-state index is 5.41. The summed E-state index contributed by atoms with van der Waals surface area (Å²) >= 11 is 0. The SMILES string of the molecule is CCNC1CCCCC1Cc1nc(C(C)(C)OC)no1. The molecule has 1 heterocycles. The molecule has 1 aromatic rings. The van der Waals surface area contributed by atoms with E-state index >= 15 is 0 Å². The van der Waals surface area contributed by atoms with Gasteiger partial charge in [0.2, 0.25) is 11.7 Å². The van der Waals surface area contributed by atoms with Crippen LogP contribution in [0.1, 0.15) is 58.2 Å². The number of ether oxygens (including phenoxy) is 1. The first kappa shape index (κ1) is 15.4. The monoisotopic (exact) mass is 281 g/mol. The molecule has 1 saturated carbocycles. The summed E-state index contributed by atoms with van der Waals surface area (Å²) < 4.78 is 10.8. The molecule has 114 valence electrons. The largest absolute Gasteiger partial charge is 0.371 e. The second-order valence-electron chi connectivity index (χ2n) is 6.14. The van der Waals surface area contributed by atoms with Crippen molar-refractivity contribution >= 4 is 0 Å². The molecule has 0 spiro atoms. The first-order valence-electron chi connectivity index (χ1n) is 7.68. The van der Waals surface area contributed by atoms with Gasteiger partial charge in [-0.1, -0.05) is 24.9 Å². The van der Waals surface area contributed by atoms with E-state index in [2.05, 4.69) is 22.4 Å². The zero-order chi connectivity index (χ0) is 14.6. The van der Waals surface area contributed by atoms with Gasteiger partial charge >= 0.3 is 0 Å². The number of methoxy groups -OCH3 is 1. The van der Waals surface area contributed by atoms with Crippen molar-refractivity contribution in [2.24, 2.45) is 5.92 Å². The molecule has 5 nitrogen and oxygen atoms in total. The van der Waals surface area contributed by atoms with E-state index in [4.69, 9.17) is 9.26 Å². The van der Waals surface area contributed by atoms with Crippen molar-refractivity contribution in [3.8, 4) is 0 Å². The van der Waals surface area contributed by atoms with Gasteiger partial charge in [-0.3, -0.25) is 0 Å². The summed E-state index contributed by atoms with van der Waals surface area (Å²) in [4.78, 5) is 4.51. The van der Waals surface area contributed by atoms with Crippen LogP contribution in [0.4, 0.5) is 0 Å². The maximum Gasteiger partial charge on any atom is 0.227 e. The molecular formula is C15H27N3O2. The van der Waals surface area contributed by atoms with Gasteiger partial charge in [-0.2, -0.15) is 4.98 Å².